The molecule has 90 valence electrons. The Labute approximate surface area is 101 Å². The Morgan fingerprint density at radius 3 is 2.59 bits per heavy atom. The van der Waals surface area contributed by atoms with Gasteiger partial charge in [0.2, 0.25) is 0 Å². The fourth-order valence-corrected chi connectivity index (χ4v) is 1.50. The lowest BCUT2D eigenvalue weighted by Gasteiger charge is -2.07. The molecule has 4 nitrogen and oxygen atoms in total. The Balaban J connectivity index is 1.94. The van der Waals surface area contributed by atoms with Gasteiger partial charge in [-0.2, -0.15) is 5.10 Å². The zero-order valence-electron chi connectivity index (χ0n) is 10.2. The number of nitrogens with zero attached hydrogens (tertiary/aromatic N) is 3. The largest absolute Gasteiger partial charge is 0.377 e. The molecule has 17 heavy (non-hydrogen) atoms. The molecule has 0 aliphatic carbocycles. The van der Waals surface area contributed by atoms with Gasteiger partial charge < -0.3 is 4.74 Å². The molecule has 2 aromatic rings. The van der Waals surface area contributed by atoms with E-state index in [0.29, 0.717) is 12.5 Å². The first-order chi connectivity index (χ1) is 8.25. The van der Waals surface area contributed by atoms with E-state index in [1.807, 2.05) is 12.1 Å². The van der Waals surface area contributed by atoms with Gasteiger partial charge in [0.05, 0.1) is 12.3 Å². The minimum absolute atomic E-state index is 0.574. The van der Waals surface area contributed by atoms with Crippen LogP contribution in [0.3, 0.4) is 0 Å². The monoisotopic (exact) mass is 231 g/mol. The molecule has 0 amide bonds. The Hall–Kier alpha value is -1.68. The number of aromatic nitrogens is 3. The highest BCUT2D eigenvalue weighted by molar-refractivity contribution is 5.32. The van der Waals surface area contributed by atoms with E-state index in [4.69, 9.17) is 4.74 Å². The summed E-state index contributed by atoms with van der Waals surface area (Å²) >= 11 is 0. The molecule has 1 aromatic carbocycles. The van der Waals surface area contributed by atoms with Crippen molar-refractivity contribution in [2.24, 2.45) is 5.92 Å². The van der Waals surface area contributed by atoms with E-state index < -0.39 is 0 Å². The van der Waals surface area contributed by atoms with Crippen LogP contribution in [-0.2, 0) is 11.3 Å². The van der Waals surface area contributed by atoms with Crippen LogP contribution in [0.2, 0.25) is 0 Å². The molecule has 0 saturated heterocycles. The maximum Gasteiger partial charge on any atom is 0.138 e. The third-order valence-corrected chi connectivity index (χ3v) is 2.34. The van der Waals surface area contributed by atoms with Crippen molar-refractivity contribution in [3.8, 4) is 5.69 Å². The SMILES string of the molecule is CC(C)COCc1ccc(-n2cncn2)cc1. The highest BCUT2D eigenvalue weighted by atomic mass is 16.5. The van der Waals surface area contributed by atoms with E-state index in [9.17, 15) is 0 Å². The van der Waals surface area contributed by atoms with Gasteiger partial charge in [-0.25, -0.2) is 9.67 Å². The van der Waals surface area contributed by atoms with Crippen molar-refractivity contribution in [3.63, 3.8) is 0 Å². The van der Waals surface area contributed by atoms with Crippen molar-refractivity contribution in [2.75, 3.05) is 6.61 Å². The number of benzene rings is 1. The molecular formula is C13H17N3O. The highest BCUT2D eigenvalue weighted by Gasteiger charge is 1.99. The molecule has 0 unspecified atom stereocenters. The average molecular weight is 231 g/mol. The van der Waals surface area contributed by atoms with E-state index in [1.165, 1.54) is 11.9 Å². The minimum Gasteiger partial charge on any atom is -0.377 e. The van der Waals surface area contributed by atoms with Crippen molar-refractivity contribution < 1.29 is 4.74 Å². The summed E-state index contributed by atoms with van der Waals surface area (Å²) < 4.78 is 7.31. The zero-order valence-corrected chi connectivity index (χ0v) is 10.2. The smallest absolute Gasteiger partial charge is 0.138 e. The zero-order chi connectivity index (χ0) is 12.1. The summed E-state index contributed by atoms with van der Waals surface area (Å²) in [4.78, 5) is 3.92. The molecule has 0 fully saturated rings. The molecule has 1 heterocycles. The van der Waals surface area contributed by atoms with Gasteiger partial charge in [0.25, 0.3) is 0 Å². The molecule has 4 heteroatoms. The Bertz CT molecular complexity index is 434. The molecule has 0 radical (unpaired) electrons. The summed E-state index contributed by atoms with van der Waals surface area (Å²) in [7, 11) is 0. The van der Waals surface area contributed by atoms with Crippen LogP contribution in [0.25, 0.3) is 5.69 Å². The topological polar surface area (TPSA) is 39.9 Å². The van der Waals surface area contributed by atoms with Crippen molar-refractivity contribution in [1.82, 2.24) is 14.8 Å². The number of hydrogen-bond acceptors (Lipinski definition) is 3. The Morgan fingerprint density at radius 2 is 2.00 bits per heavy atom. The van der Waals surface area contributed by atoms with Gasteiger partial charge in [-0.1, -0.05) is 26.0 Å². The fourth-order valence-electron chi connectivity index (χ4n) is 1.50. The summed E-state index contributed by atoms with van der Waals surface area (Å²) in [6.07, 6.45) is 3.21. The predicted molar refractivity (Wildman–Crippen MR) is 65.9 cm³/mol. The molecule has 2 rings (SSSR count). The summed E-state index contributed by atoms with van der Waals surface area (Å²) in [6.45, 7) is 5.75. The Morgan fingerprint density at radius 1 is 1.24 bits per heavy atom. The molecule has 0 bridgehead atoms. The van der Waals surface area contributed by atoms with Crippen LogP contribution in [-0.4, -0.2) is 21.4 Å². The van der Waals surface area contributed by atoms with E-state index >= 15 is 0 Å². The highest BCUT2D eigenvalue weighted by Crippen LogP contribution is 2.09. The molecule has 0 saturated carbocycles. The van der Waals surface area contributed by atoms with Gasteiger partial charge in [-0.3, -0.25) is 0 Å². The standard InChI is InChI=1S/C13H17N3O/c1-11(2)7-17-8-12-3-5-13(6-4-12)16-10-14-9-15-16/h3-6,9-11H,7-8H2,1-2H3. The third-order valence-electron chi connectivity index (χ3n) is 2.34. The van der Waals surface area contributed by atoms with Crippen LogP contribution in [0, 0.1) is 5.92 Å². The first kappa shape index (κ1) is 11.8. The maximum absolute atomic E-state index is 5.58. The minimum atomic E-state index is 0.574. The van der Waals surface area contributed by atoms with Crippen molar-refractivity contribution in [1.29, 1.82) is 0 Å². The van der Waals surface area contributed by atoms with Crippen LogP contribution in [0.15, 0.2) is 36.9 Å². The normalized spacial score (nSPS) is 11.0. The van der Waals surface area contributed by atoms with E-state index in [-0.39, 0.29) is 0 Å². The second-order valence-electron chi connectivity index (χ2n) is 4.42. The lowest BCUT2D eigenvalue weighted by Crippen LogP contribution is -2.02. The average Bonchev–Trinajstić information content (AvgIpc) is 2.83. The Kier molecular flexibility index (Phi) is 3.88. The molecule has 0 atom stereocenters. The first-order valence-corrected chi connectivity index (χ1v) is 5.77. The lowest BCUT2D eigenvalue weighted by atomic mass is 10.2. The molecule has 0 aliphatic rings. The molecule has 0 aliphatic heterocycles. The second kappa shape index (κ2) is 5.59. The van der Waals surface area contributed by atoms with Crippen LogP contribution in [0.4, 0.5) is 0 Å². The second-order valence-corrected chi connectivity index (χ2v) is 4.42. The van der Waals surface area contributed by atoms with Gasteiger partial charge in [0.15, 0.2) is 0 Å². The van der Waals surface area contributed by atoms with E-state index in [1.54, 1.807) is 11.0 Å². The van der Waals surface area contributed by atoms with Crippen LogP contribution < -0.4 is 0 Å². The van der Waals surface area contributed by atoms with E-state index in [2.05, 4.69) is 36.1 Å². The van der Waals surface area contributed by atoms with Gasteiger partial charge in [-0.05, 0) is 23.6 Å². The summed E-state index contributed by atoms with van der Waals surface area (Å²) in [6, 6.07) is 8.14. The predicted octanol–water partition coefficient (Wildman–Crippen LogP) is 2.44. The number of rotatable bonds is 5. The number of ether oxygens (including phenoxy) is 1. The lowest BCUT2D eigenvalue weighted by molar-refractivity contribution is 0.0971. The first-order valence-electron chi connectivity index (χ1n) is 5.77. The van der Waals surface area contributed by atoms with Crippen LogP contribution in [0.5, 0.6) is 0 Å². The molecular weight excluding hydrogens is 214 g/mol. The van der Waals surface area contributed by atoms with Crippen molar-refractivity contribution >= 4 is 0 Å². The van der Waals surface area contributed by atoms with Gasteiger partial charge >= 0.3 is 0 Å². The molecule has 0 N–H and O–H groups in total. The van der Waals surface area contributed by atoms with Gasteiger partial charge in [0.1, 0.15) is 12.7 Å². The van der Waals surface area contributed by atoms with Crippen LogP contribution >= 0.6 is 0 Å². The third kappa shape index (κ3) is 3.39. The van der Waals surface area contributed by atoms with Crippen LogP contribution in [0.1, 0.15) is 19.4 Å². The van der Waals surface area contributed by atoms with Gasteiger partial charge in [0, 0.05) is 6.61 Å². The van der Waals surface area contributed by atoms with E-state index in [0.717, 1.165) is 12.3 Å². The number of hydrogen-bond donors (Lipinski definition) is 0. The van der Waals surface area contributed by atoms with Crippen molar-refractivity contribution in [2.45, 2.75) is 20.5 Å². The fraction of sp³-hybridized carbons (Fsp3) is 0.385. The molecule has 0 spiro atoms. The quantitative estimate of drug-likeness (QED) is 0.793. The summed E-state index contributed by atoms with van der Waals surface area (Å²) in [5.74, 6) is 0.574. The molecule has 1 aromatic heterocycles. The van der Waals surface area contributed by atoms with Gasteiger partial charge in [-0.15, -0.1) is 0 Å². The summed E-state index contributed by atoms with van der Waals surface area (Å²) in [5.41, 5.74) is 2.18. The van der Waals surface area contributed by atoms with Crippen molar-refractivity contribution in [3.05, 3.63) is 42.5 Å². The summed E-state index contributed by atoms with van der Waals surface area (Å²) in [5, 5.41) is 4.08. The maximum atomic E-state index is 5.58.